The summed E-state index contributed by atoms with van der Waals surface area (Å²) in [5, 5.41) is 0. The molecular formula is C18H18BrN3O4. The fourth-order valence-corrected chi connectivity index (χ4v) is 3.43. The quantitative estimate of drug-likeness (QED) is 0.439. The maximum Gasteiger partial charge on any atom is 0.269 e. The lowest BCUT2D eigenvalue weighted by Crippen LogP contribution is -2.43. The molecule has 26 heavy (non-hydrogen) atoms. The minimum Gasteiger partial charge on any atom is -0.282 e. The maximum absolute atomic E-state index is 12.3. The van der Waals surface area contributed by atoms with Crippen molar-refractivity contribution in [2.45, 2.75) is 19.3 Å². The van der Waals surface area contributed by atoms with Gasteiger partial charge in [0, 0.05) is 23.0 Å². The molecule has 136 valence electrons. The van der Waals surface area contributed by atoms with E-state index in [4.69, 9.17) is 0 Å². The number of likely N-dealkylation sites (tertiary alicyclic amines) is 1. The van der Waals surface area contributed by atoms with Crippen LogP contribution in [-0.2, 0) is 14.4 Å². The smallest absolute Gasteiger partial charge is 0.269 e. The van der Waals surface area contributed by atoms with Crippen LogP contribution in [0.1, 0.15) is 29.6 Å². The first-order chi connectivity index (χ1) is 12.5. The molecule has 2 aliphatic rings. The van der Waals surface area contributed by atoms with E-state index in [-0.39, 0.29) is 36.6 Å². The number of nitrogens with one attached hydrogen (secondary N) is 2. The molecule has 0 bridgehead atoms. The number of hydrogen-bond donors (Lipinski definition) is 2. The number of amides is 4. The van der Waals surface area contributed by atoms with Gasteiger partial charge in [-0.3, -0.25) is 34.9 Å². The van der Waals surface area contributed by atoms with Crippen LogP contribution in [-0.4, -0.2) is 35.1 Å². The van der Waals surface area contributed by atoms with Gasteiger partial charge in [-0.1, -0.05) is 28.1 Å². The number of fused-ring (bicyclic) bond motifs is 1. The number of carbonyl (C=O) groups is 4. The van der Waals surface area contributed by atoms with E-state index < -0.39 is 11.8 Å². The number of hydrazine groups is 1. The topological polar surface area (TPSA) is 95.6 Å². The van der Waals surface area contributed by atoms with Gasteiger partial charge in [-0.2, -0.15) is 0 Å². The van der Waals surface area contributed by atoms with E-state index in [0.717, 1.165) is 4.47 Å². The number of imide groups is 1. The Morgan fingerprint density at radius 3 is 2.15 bits per heavy atom. The van der Waals surface area contributed by atoms with Gasteiger partial charge in [0.15, 0.2) is 0 Å². The van der Waals surface area contributed by atoms with Crippen molar-refractivity contribution in [2.24, 2.45) is 11.8 Å². The lowest BCUT2D eigenvalue weighted by atomic mass is 9.85. The summed E-state index contributed by atoms with van der Waals surface area (Å²) in [5.74, 6) is -1.94. The van der Waals surface area contributed by atoms with Crippen molar-refractivity contribution in [2.75, 3.05) is 6.54 Å². The highest BCUT2D eigenvalue weighted by Gasteiger charge is 2.46. The van der Waals surface area contributed by atoms with Crippen molar-refractivity contribution in [3.8, 4) is 0 Å². The Labute approximate surface area is 158 Å². The first kappa shape index (κ1) is 18.3. The molecule has 1 saturated heterocycles. The monoisotopic (exact) mass is 419 g/mol. The van der Waals surface area contributed by atoms with Gasteiger partial charge in [-0.25, -0.2) is 0 Å². The van der Waals surface area contributed by atoms with Crippen LogP contribution in [0.4, 0.5) is 0 Å². The molecule has 0 saturated carbocycles. The number of allylic oxidation sites excluding steroid dienone is 2. The van der Waals surface area contributed by atoms with E-state index in [2.05, 4.69) is 26.8 Å². The number of benzene rings is 1. The van der Waals surface area contributed by atoms with Gasteiger partial charge >= 0.3 is 0 Å². The van der Waals surface area contributed by atoms with Gasteiger partial charge in [0.05, 0.1) is 11.8 Å². The Kier molecular flexibility index (Phi) is 5.51. The summed E-state index contributed by atoms with van der Waals surface area (Å²) in [4.78, 5) is 49.6. The van der Waals surface area contributed by atoms with Crippen molar-refractivity contribution in [3.63, 3.8) is 0 Å². The molecule has 1 aliphatic carbocycles. The molecule has 0 radical (unpaired) electrons. The van der Waals surface area contributed by atoms with E-state index in [1.165, 1.54) is 4.90 Å². The second kappa shape index (κ2) is 7.82. The second-order valence-corrected chi connectivity index (χ2v) is 7.16. The predicted molar refractivity (Wildman–Crippen MR) is 96.4 cm³/mol. The summed E-state index contributed by atoms with van der Waals surface area (Å²) in [7, 11) is 0. The summed E-state index contributed by atoms with van der Waals surface area (Å²) in [6.07, 6.45) is 4.91. The van der Waals surface area contributed by atoms with Gasteiger partial charge in [0.2, 0.25) is 17.7 Å². The third kappa shape index (κ3) is 3.85. The highest BCUT2D eigenvalue weighted by Crippen LogP contribution is 2.34. The minimum atomic E-state index is -0.468. The molecule has 1 heterocycles. The zero-order chi connectivity index (χ0) is 18.7. The zero-order valence-corrected chi connectivity index (χ0v) is 15.5. The van der Waals surface area contributed by atoms with Gasteiger partial charge < -0.3 is 0 Å². The van der Waals surface area contributed by atoms with Gasteiger partial charge in [0.25, 0.3) is 5.91 Å². The normalized spacial score (nSPS) is 21.5. The predicted octanol–water partition coefficient (Wildman–Crippen LogP) is 1.55. The molecule has 1 aromatic carbocycles. The van der Waals surface area contributed by atoms with Crippen LogP contribution in [0.5, 0.6) is 0 Å². The van der Waals surface area contributed by atoms with E-state index in [0.29, 0.717) is 18.4 Å². The summed E-state index contributed by atoms with van der Waals surface area (Å²) in [6.45, 7) is 0.0185. The summed E-state index contributed by atoms with van der Waals surface area (Å²) < 4.78 is 0.841. The maximum atomic E-state index is 12.3. The number of hydrogen-bond acceptors (Lipinski definition) is 4. The van der Waals surface area contributed by atoms with Crippen LogP contribution in [0.2, 0.25) is 0 Å². The summed E-state index contributed by atoms with van der Waals surface area (Å²) in [5.41, 5.74) is 5.01. The molecule has 2 atom stereocenters. The van der Waals surface area contributed by atoms with Crippen molar-refractivity contribution < 1.29 is 19.2 Å². The van der Waals surface area contributed by atoms with E-state index >= 15 is 0 Å². The Bertz CT molecular complexity index is 749. The van der Waals surface area contributed by atoms with Gasteiger partial charge in [0.1, 0.15) is 0 Å². The van der Waals surface area contributed by atoms with Crippen molar-refractivity contribution in [3.05, 3.63) is 46.5 Å². The standard InChI is InChI=1S/C18H18BrN3O4/c19-12-7-5-11(6-8-12)16(24)21-20-15(23)9-10-22-17(25)13-3-1-2-4-14(13)18(22)26/h1-2,5-8,13-14H,3-4,9-10H2,(H,20,23)(H,21,24)/t13-,14+. The average Bonchev–Trinajstić information content (AvgIpc) is 2.89. The van der Waals surface area contributed by atoms with Crippen molar-refractivity contribution in [1.29, 1.82) is 0 Å². The molecule has 1 aliphatic heterocycles. The highest BCUT2D eigenvalue weighted by atomic mass is 79.9. The van der Waals surface area contributed by atoms with Crippen molar-refractivity contribution >= 4 is 39.6 Å². The number of halogens is 1. The lowest BCUT2D eigenvalue weighted by molar-refractivity contribution is -0.140. The number of carbonyl (C=O) groups excluding carboxylic acids is 4. The van der Waals surface area contributed by atoms with E-state index in [1.807, 2.05) is 12.2 Å². The third-order valence-corrected chi connectivity index (χ3v) is 5.11. The molecule has 1 aromatic rings. The van der Waals surface area contributed by atoms with E-state index in [9.17, 15) is 19.2 Å². The molecule has 2 N–H and O–H groups in total. The summed E-state index contributed by atoms with van der Waals surface area (Å²) in [6, 6.07) is 6.66. The van der Waals surface area contributed by atoms with Gasteiger partial charge in [-0.15, -0.1) is 0 Å². The Morgan fingerprint density at radius 1 is 1.00 bits per heavy atom. The van der Waals surface area contributed by atoms with Crippen LogP contribution < -0.4 is 10.9 Å². The Hall–Kier alpha value is -2.48. The van der Waals surface area contributed by atoms with Crippen LogP contribution in [0.25, 0.3) is 0 Å². The average molecular weight is 420 g/mol. The third-order valence-electron chi connectivity index (χ3n) is 4.58. The highest BCUT2D eigenvalue weighted by molar-refractivity contribution is 9.10. The van der Waals surface area contributed by atoms with Crippen molar-refractivity contribution in [1.82, 2.24) is 15.8 Å². The largest absolute Gasteiger partial charge is 0.282 e. The Morgan fingerprint density at radius 2 is 1.58 bits per heavy atom. The molecule has 0 aromatic heterocycles. The molecular weight excluding hydrogens is 402 g/mol. The molecule has 7 nitrogen and oxygen atoms in total. The fraction of sp³-hybridized carbons (Fsp3) is 0.333. The second-order valence-electron chi connectivity index (χ2n) is 6.24. The first-order valence-electron chi connectivity index (χ1n) is 8.32. The fourth-order valence-electron chi connectivity index (χ4n) is 3.17. The van der Waals surface area contributed by atoms with Crippen LogP contribution in [0, 0.1) is 11.8 Å². The molecule has 0 unspecified atom stereocenters. The lowest BCUT2D eigenvalue weighted by Gasteiger charge is -2.14. The molecule has 8 heteroatoms. The zero-order valence-electron chi connectivity index (χ0n) is 13.9. The minimum absolute atomic E-state index is 0.0185. The molecule has 3 rings (SSSR count). The van der Waals surface area contributed by atoms with Gasteiger partial charge in [-0.05, 0) is 37.1 Å². The molecule has 4 amide bonds. The Balaban J connectivity index is 1.47. The van der Waals surface area contributed by atoms with E-state index in [1.54, 1.807) is 24.3 Å². The van der Waals surface area contributed by atoms with Crippen LogP contribution >= 0.6 is 15.9 Å². The number of rotatable bonds is 4. The summed E-state index contributed by atoms with van der Waals surface area (Å²) >= 11 is 3.28. The number of nitrogens with zero attached hydrogens (tertiary/aromatic N) is 1. The SMILES string of the molecule is O=C(CCN1C(=O)[C@H]2CC=CC[C@H]2C1=O)NNC(=O)c1ccc(Br)cc1. The van der Waals surface area contributed by atoms with Crippen LogP contribution in [0.15, 0.2) is 40.9 Å². The first-order valence-corrected chi connectivity index (χ1v) is 9.11. The van der Waals surface area contributed by atoms with Crippen LogP contribution in [0.3, 0.4) is 0 Å². The molecule has 0 spiro atoms. The molecule has 1 fully saturated rings.